The second-order valence-corrected chi connectivity index (χ2v) is 8.98. The molecule has 1 saturated heterocycles. The monoisotopic (exact) mass is 499 g/mol. The van der Waals surface area contributed by atoms with Crippen LogP contribution in [0.5, 0.6) is 5.75 Å². The van der Waals surface area contributed by atoms with Crippen molar-refractivity contribution < 1.29 is 23.9 Å². The maximum Gasteiger partial charge on any atom is 0.311 e. The number of aromatic nitrogens is 1. The number of para-hydroxylation sites is 1. The van der Waals surface area contributed by atoms with Crippen molar-refractivity contribution in [2.24, 2.45) is 5.92 Å². The van der Waals surface area contributed by atoms with Crippen molar-refractivity contribution in [3.05, 3.63) is 66.7 Å². The molecule has 2 amide bonds. The smallest absolute Gasteiger partial charge is 0.311 e. The predicted molar refractivity (Wildman–Crippen MR) is 143 cm³/mol. The molecule has 0 bridgehead atoms. The van der Waals surface area contributed by atoms with Gasteiger partial charge in [-0.3, -0.25) is 14.4 Å². The largest absolute Gasteiger partial charge is 0.494 e. The highest BCUT2D eigenvalue weighted by molar-refractivity contribution is 6.10. The Morgan fingerprint density at radius 2 is 1.73 bits per heavy atom. The van der Waals surface area contributed by atoms with Crippen LogP contribution >= 0.6 is 0 Å². The summed E-state index contributed by atoms with van der Waals surface area (Å²) >= 11 is 0. The molecule has 8 heteroatoms. The molecule has 1 atom stereocenters. The summed E-state index contributed by atoms with van der Waals surface area (Å²) in [7, 11) is 0. The average molecular weight is 500 g/mol. The molecular weight excluding hydrogens is 470 g/mol. The van der Waals surface area contributed by atoms with Crippen LogP contribution < -0.4 is 15.0 Å². The normalized spacial score (nSPS) is 15.4. The number of rotatable bonds is 8. The van der Waals surface area contributed by atoms with Crippen molar-refractivity contribution in [2.45, 2.75) is 26.8 Å². The topological polar surface area (TPSA) is 89.9 Å². The first-order chi connectivity index (χ1) is 18.0. The molecule has 190 valence electrons. The van der Waals surface area contributed by atoms with E-state index in [1.807, 2.05) is 37.3 Å². The summed E-state index contributed by atoms with van der Waals surface area (Å²) < 4.78 is 12.9. The molecule has 3 aromatic carbocycles. The number of benzene rings is 3. The van der Waals surface area contributed by atoms with E-state index in [1.165, 1.54) is 0 Å². The van der Waals surface area contributed by atoms with Crippen LogP contribution in [0.15, 0.2) is 66.7 Å². The predicted octanol–water partition coefficient (Wildman–Crippen LogP) is 4.75. The van der Waals surface area contributed by atoms with Gasteiger partial charge in [0.1, 0.15) is 5.75 Å². The van der Waals surface area contributed by atoms with Gasteiger partial charge >= 0.3 is 5.97 Å². The average Bonchev–Trinajstić information content (AvgIpc) is 3.45. The molecule has 1 N–H and O–H groups in total. The van der Waals surface area contributed by atoms with Gasteiger partial charge in [0.15, 0.2) is 6.61 Å². The van der Waals surface area contributed by atoms with E-state index in [0.29, 0.717) is 18.0 Å². The molecule has 0 spiro atoms. The zero-order chi connectivity index (χ0) is 25.9. The van der Waals surface area contributed by atoms with Gasteiger partial charge in [0.25, 0.3) is 5.91 Å². The SMILES string of the molecule is CCOc1ccc(N2C[C@@H](C(=O)OCC(=O)Nc3ccc4c(c3)c3ccccc3n4CC)CC2=O)cc1. The van der Waals surface area contributed by atoms with Crippen LogP contribution in [0.25, 0.3) is 21.8 Å². The van der Waals surface area contributed by atoms with E-state index >= 15 is 0 Å². The van der Waals surface area contributed by atoms with Gasteiger partial charge in [-0.1, -0.05) is 18.2 Å². The fourth-order valence-corrected chi connectivity index (χ4v) is 4.93. The lowest BCUT2D eigenvalue weighted by Gasteiger charge is -2.17. The second kappa shape index (κ2) is 10.3. The van der Waals surface area contributed by atoms with E-state index in [9.17, 15) is 14.4 Å². The summed E-state index contributed by atoms with van der Waals surface area (Å²) in [5, 5.41) is 4.98. The number of ether oxygens (including phenoxy) is 2. The van der Waals surface area contributed by atoms with Gasteiger partial charge in [-0.05, 0) is 62.4 Å². The van der Waals surface area contributed by atoms with Crippen molar-refractivity contribution in [1.29, 1.82) is 0 Å². The lowest BCUT2D eigenvalue weighted by Crippen LogP contribution is -2.28. The van der Waals surface area contributed by atoms with Crippen LogP contribution in [-0.4, -0.2) is 42.1 Å². The highest BCUT2D eigenvalue weighted by Crippen LogP contribution is 2.31. The molecule has 5 rings (SSSR count). The first kappa shape index (κ1) is 24.4. The number of fused-ring (bicyclic) bond motifs is 3. The maximum atomic E-state index is 12.6. The summed E-state index contributed by atoms with van der Waals surface area (Å²) in [6.45, 7) is 5.20. The van der Waals surface area contributed by atoms with Crippen molar-refractivity contribution >= 4 is 51.0 Å². The molecule has 0 aliphatic carbocycles. The van der Waals surface area contributed by atoms with Crippen LogP contribution in [0.3, 0.4) is 0 Å². The number of hydrogen-bond acceptors (Lipinski definition) is 5. The highest BCUT2D eigenvalue weighted by Gasteiger charge is 2.36. The third kappa shape index (κ3) is 4.87. The summed E-state index contributed by atoms with van der Waals surface area (Å²) in [6.07, 6.45) is 0.0474. The van der Waals surface area contributed by atoms with Crippen molar-refractivity contribution in [3.63, 3.8) is 0 Å². The first-order valence-corrected chi connectivity index (χ1v) is 12.5. The zero-order valence-corrected chi connectivity index (χ0v) is 20.9. The molecule has 1 fully saturated rings. The Bertz CT molecular complexity index is 1470. The molecule has 37 heavy (non-hydrogen) atoms. The van der Waals surface area contributed by atoms with Gasteiger partial charge in [-0.25, -0.2) is 0 Å². The Balaban J connectivity index is 1.19. The minimum atomic E-state index is -0.622. The van der Waals surface area contributed by atoms with E-state index in [1.54, 1.807) is 29.2 Å². The van der Waals surface area contributed by atoms with E-state index in [0.717, 1.165) is 34.1 Å². The quantitative estimate of drug-likeness (QED) is 0.354. The Morgan fingerprint density at radius 3 is 2.49 bits per heavy atom. The van der Waals surface area contributed by atoms with Crippen LogP contribution in [0.2, 0.25) is 0 Å². The second-order valence-electron chi connectivity index (χ2n) is 8.98. The molecule has 1 aliphatic rings. The van der Waals surface area contributed by atoms with Gasteiger partial charge in [-0.2, -0.15) is 0 Å². The summed E-state index contributed by atoms with van der Waals surface area (Å²) in [5.41, 5.74) is 3.56. The number of esters is 1. The first-order valence-electron chi connectivity index (χ1n) is 12.5. The van der Waals surface area contributed by atoms with E-state index in [4.69, 9.17) is 9.47 Å². The Kier molecular flexibility index (Phi) is 6.81. The lowest BCUT2D eigenvalue weighted by atomic mass is 10.1. The third-order valence-corrected chi connectivity index (χ3v) is 6.64. The van der Waals surface area contributed by atoms with E-state index < -0.39 is 24.4 Å². The number of nitrogens with one attached hydrogen (secondary N) is 1. The molecule has 8 nitrogen and oxygen atoms in total. The van der Waals surface area contributed by atoms with Crippen LogP contribution in [0.4, 0.5) is 11.4 Å². The Labute approximate surface area is 214 Å². The molecule has 0 unspecified atom stereocenters. The van der Waals surface area contributed by atoms with Gasteiger partial charge in [0.2, 0.25) is 5.91 Å². The summed E-state index contributed by atoms with van der Waals surface area (Å²) in [6, 6.07) is 21.1. The number of hydrogen-bond donors (Lipinski definition) is 1. The van der Waals surface area contributed by atoms with Crippen LogP contribution in [-0.2, 0) is 25.7 Å². The number of anilines is 2. The number of amides is 2. The Hall–Kier alpha value is -4.33. The number of carbonyl (C=O) groups excluding carboxylic acids is 3. The standard InChI is InChI=1S/C29H29N3O5/c1-3-31-25-8-6-5-7-23(25)24-16-20(9-14-26(24)31)30-27(33)18-37-29(35)19-15-28(34)32(17-19)21-10-12-22(13-11-21)36-4-2/h5-14,16,19H,3-4,15,17-18H2,1-2H3,(H,30,33)/t19-/m0/s1. The van der Waals surface area contributed by atoms with Crippen molar-refractivity contribution in [3.8, 4) is 5.75 Å². The fraction of sp³-hybridized carbons (Fsp3) is 0.276. The maximum absolute atomic E-state index is 12.6. The Morgan fingerprint density at radius 1 is 0.973 bits per heavy atom. The minimum Gasteiger partial charge on any atom is -0.494 e. The fourth-order valence-electron chi connectivity index (χ4n) is 4.93. The third-order valence-electron chi connectivity index (χ3n) is 6.64. The van der Waals surface area contributed by atoms with Gasteiger partial charge in [0.05, 0.1) is 12.5 Å². The molecule has 1 aromatic heterocycles. The minimum absolute atomic E-state index is 0.0474. The summed E-state index contributed by atoms with van der Waals surface area (Å²) in [4.78, 5) is 39.2. The molecular formula is C29H29N3O5. The zero-order valence-electron chi connectivity index (χ0n) is 20.9. The van der Waals surface area contributed by atoms with Gasteiger partial charge < -0.3 is 24.3 Å². The molecule has 2 heterocycles. The highest BCUT2D eigenvalue weighted by atomic mass is 16.5. The number of aryl methyl sites for hydroxylation is 1. The summed E-state index contributed by atoms with van der Waals surface area (Å²) in [5.74, 6) is -1.05. The molecule has 0 saturated carbocycles. The number of carbonyl (C=O) groups is 3. The molecule has 4 aromatic rings. The molecule has 1 aliphatic heterocycles. The number of nitrogens with zero attached hydrogens (tertiary/aromatic N) is 2. The van der Waals surface area contributed by atoms with Crippen LogP contribution in [0.1, 0.15) is 20.3 Å². The van der Waals surface area contributed by atoms with Gasteiger partial charge in [0, 0.05) is 52.7 Å². The van der Waals surface area contributed by atoms with Gasteiger partial charge in [-0.15, -0.1) is 0 Å². The lowest BCUT2D eigenvalue weighted by molar-refractivity contribution is -0.151. The van der Waals surface area contributed by atoms with Crippen molar-refractivity contribution in [1.82, 2.24) is 4.57 Å². The van der Waals surface area contributed by atoms with E-state index in [-0.39, 0.29) is 18.9 Å². The van der Waals surface area contributed by atoms with Crippen molar-refractivity contribution in [2.75, 3.05) is 30.0 Å². The van der Waals surface area contributed by atoms with E-state index in [2.05, 4.69) is 28.9 Å². The van der Waals surface area contributed by atoms with Crippen LogP contribution in [0, 0.1) is 5.92 Å². The molecule has 0 radical (unpaired) electrons.